The summed E-state index contributed by atoms with van der Waals surface area (Å²) in [5.74, 6) is 0.419. The number of ether oxygens (including phenoxy) is 1. The first-order valence-electron chi connectivity index (χ1n) is 11.3. The molecular weight excluding hydrogens is 418 g/mol. The minimum absolute atomic E-state index is 0.188. The van der Waals surface area contributed by atoms with Crippen LogP contribution in [0.15, 0.2) is 60.1 Å². The SMILES string of the molecule is CCN(Cc1cccs1)C1CCN(c2nccc(-c3ccccc3)c2C(=O)OC(C)C)C1. The summed E-state index contributed by atoms with van der Waals surface area (Å²) in [6.45, 7) is 9.67. The highest BCUT2D eigenvalue weighted by Gasteiger charge is 2.32. The van der Waals surface area contributed by atoms with Crippen LogP contribution >= 0.6 is 11.3 Å². The third kappa shape index (κ3) is 5.03. The molecule has 0 amide bonds. The van der Waals surface area contributed by atoms with Crippen LogP contribution in [0.1, 0.15) is 42.4 Å². The molecule has 0 bridgehead atoms. The molecule has 1 aliphatic rings. The van der Waals surface area contributed by atoms with Crippen molar-refractivity contribution in [2.75, 3.05) is 24.5 Å². The average Bonchev–Trinajstić information content (AvgIpc) is 3.49. The van der Waals surface area contributed by atoms with Crippen LogP contribution in [0, 0.1) is 0 Å². The highest BCUT2D eigenvalue weighted by molar-refractivity contribution is 7.09. The van der Waals surface area contributed by atoms with Gasteiger partial charge in [0.1, 0.15) is 11.4 Å². The van der Waals surface area contributed by atoms with Crippen molar-refractivity contribution in [1.29, 1.82) is 0 Å². The fourth-order valence-electron chi connectivity index (χ4n) is 4.36. The molecule has 2 aromatic heterocycles. The number of nitrogens with zero attached hydrogens (tertiary/aromatic N) is 3. The van der Waals surface area contributed by atoms with Crippen molar-refractivity contribution in [3.63, 3.8) is 0 Å². The van der Waals surface area contributed by atoms with E-state index in [1.807, 2.05) is 50.2 Å². The summed E-state index contributed by atoms with van der Waals surface area (Å²) in [7, 11) is 0. The maximum Gasteiger partial charge on any atom is 0.342 e. The lowest BCUT2D eigenvalue weighted by molar-refractivity contribution is 0.0379. The molecule has 0 saturated carbocycles. The topological polar surface area (TPSA) is 45.7 Å². The van der Waals surface area contributed by atoms with E-state index >= 15 is 0 Å². The monoisotopic (exact) mass is 449 g/mol. The summed E-state index contributed by atoms with van der Waals surface area (Å²) in [5.41, 5.74) is 2.43. The second-order valence-electron chi connectivity index (χ2n) is 8.41. The zero-order valence-electron chi connectivity index (χ0n) is 19.0. The second-order valence-corrected chi connectivity index (χ2v) is 9.44. The van der Waals surface area contributed by atoms with Crippen molar-refractivity contribution in [2.45, 2.75) is 45.9 Å². The Morgan fingerprint density at radius 2 is 2.03 bits per heavy atom. The lowest BCUT2D eigenvalue weighted by atomic mass is 10.0. The molecule has 168 valence electrons. The standard InChI is InChI=1S/C26H31N3O2S/c1-4-28(18-22-11-8-16-32-22)21-13-15-29(17-21)25-24(26(30)31-19(2)3)23(12-14-27-25)20-9-6-5-7-10-20/h5-12,14,16,19,21H,4,13,15,17-18H2,1-3H3. The molecule has 4 rings (SSSR count). The molecule has 1 unspecified atom stereocenters. The van der Waals surface area contributed by atoms with E-state index in [-0.39, 0.29) is 12.1 Å². The number of hydrogen-bond donors (Lipinski definition) is 0. The summed E-state index contributed by atoms with van der Waals surface area (Å²) < 4.78 is 5.65. The second kappa shape index (κ2) is 10.3. The number of carbonyl (C=O) groups is 1. The van der Waals surface area contributed by atoms with Crippen LogP contribution in [0.3, 0.4) is 0 Å². The van der Waals surface area contributed by atoms with E-state index in [0.29, 0.717) is 11.6 Å². The van der Waals surface area contributed by atoms with Crippen molar-refractivity contribution in [3.8, 4) is 11.1 Å². The molecule has 3 aromatic rings. The van der Waals surface area contributed by atoms with Gasteiger partial charge in [0.15, 0.2) is 0 Å². The van der Waals surface area contributed by atoms with Gasteiger partial charge in [-0.25, -0.2) is 9.78 Å². The fourth-order valence-corrected chi connectivity index (χ4v) is 5.09. The van der Waals surface area contributed by atoms with Gasteiger partial charge < -0.3 is 9.64 Å². The zero-order chi connectivity index (χ0) is 22.5. The van der Waals surface area contributed by atoms with Gasteiger partial charge in [-0.2, -0.15) is 0 Å². The zero-order valence-corrected chi connectivity index (χ0v) is 19.8. The van der Waals surface area contributed by atoms with E-state index in [1.54, 1.807) is 17.5 Å². The minimum Gasteiger partial charge on any atom is -0.459 e. The summed E-state index contributed by atoms with van der Waals surface area (Å²) in [6, 6.07) is 16.7. The van der Waals surface area contributed by atoms with Crippen LogP contribution in [0.5, 0.6) is 0 Å². The highest BCUT2D eigenvalue weighted by atomic mass is 32.1. The van der Waals surface area contributed by atoms with E-state index in [4.69, 9.17) is 4.74 Å². The number of thiophene rings is 1. The predicted molar refractivity (Wildman–Crippen MR) is 131 cm³/mol. The number of carbonyl (C=O) groups excluding carboxylic acids is 1. The maximum absolute atomic E-state index is 13.2. The number of anilines is 1. The predicted octanol–water partition coefficient (Wildman–Crippen LogP) is 5.48. The molecule has 1 aliphatic heterocycles. The third-order valence-electron chi connectivity index (χ3n) is 5.89. The fraction of sp³-hybridized carbons (Fsp3) is 0.385. The Kier molecular flexibility index (Phi) is 7.22. The maximum atomic E-state index is 13.2. The van der Waals surface area contributed by atoms with E-state index < -0.39 is 0 Å². The molecule has 0 spiro atoms. The van der Waals surface area contributed by atoms with Crippen molar-refractivity contribution in [2.24, 2.45) is 0 Å². The first kappa shape index (κ1) is 22.5. The van der Waals surface area contributed by atoms with Gasteiger partial charge in [0, 0.05) is 42.3 Å². The molecule has 1 saturated heterocycles. The van der Waals surface area contributed by atoms with E-state index in [2.05, 4.69) is 39.2 Å². The largest absolute Gasteiger partial charge is 0.459 e. The number of esters is 1. The summed E-state index contributed by atoms with van der Waals surface area (Å²) in [4.78, 5) is 24.1. The van der Waals surface area contributed by atoms with Gasteiger partial charge in [-0.3, -0.25) is 4.90 Å². The molecule has 32 heavy (non-hydrogen) atoms. The van der Waals surface area contributed by atoms with E-state index in [1.165, 1.54) is 4.88 Å². The minimum atomic E-state index is -0.309. The number of rotatable bonds is 8. The summed E-state index contributed by atoms with van der Waals surface area (Å²) >= 11 is 1.81. The lowest BCUT2D eigenvalue weighted by Gasteiger charge is -2.28. The van der Waals surface area contributed by atoms with Gasteiger partial charge in [0.2, 0.25) is 0 Å². The first-order chi connectivity index (χ1) is 15.6. The molecule has 0 N–H and O–H groups in total. The molecule has 5 nitrogen and oxygen atoms in total. The van der Waals surface area contributed by atoms with Crippen molar-refractivity contribution in [1.82, 2.24) is 9.88 Å². The van der Waals surface area contributed by atoms with Crippen LogP contribution in [0.4, 0.5) is 5.82 Å². The van der Waals surface area contributed by atoms with Crippen LogP contribution < -0.4 is 4.90 Å². The molecule has 3 heterocycles. The molecule has 0 radical (unpaired) electrons. The number of aromatic nitrogens is 1. The van der Waals surface area contributed by atoms with Crippen LogP contribution in [0.2, 0.25) is 0 Å². The van der Waals surface area contributed by atoms with Gasteiger partial charge in [0.25, 0.3) is 0 Å². The van der Waals surface area contributed by atoms with Gasteiger partial charge in [0.05, 0.1) is 6.10 Å². The Morgan fingerprint density at radius 1 is 1.22 bits per heavy atom. The number of hydrogen-bond acceptors (Lipinski definition) is 6. The normalized spacial score (nSPS) is 16.2. The lowest BCUT2D eigenvalue weighted by Crippen LogP contribution is -2.37. The molecule has 1 aromatic carbocycles. The first-order valence-corrected chi connectivity index (χ1v) is 12.2. The number of likely N-dealkylation sites (N-methyl/N-ethyl adjacent to an activating group) is 1. The van der Waals surface area contributed by atoms with Gasteiger partial charge >= 0.3 is 5.97 Å². The van der Waals surface area contributed by atoms with E-state index in [0.717, 1.165) is 49.5 Å². The average molecular weight is 450 g/mol. The smallest absolute Gasteiger partial charge is 0.342 e. The van der Waals surface area contributed by atoms with Gasteiger partial charge in [-0.1, -0.05) is 43.3 Å². The Balaban J connectivity index is 1.63. The quantitative estimate of drug-likeness (QED) is 0.426. The molecule has 1 fully saturated rings. The van der Waals surface area contributed by atoms with Crippen LogP contribution in [-0.2, 0) is 11.3 Å². The Hall–Kier alpha value is -2.70. The van der Waals surface area contributed by atoms with Crippen LogP contribution in [-0.4, -0.2) is 47.6 Å². The number of benzene rings is 1. The number of pyridine rings is 1. The molecule has 1 atom stereocenters. The summed E-state index contributed by atoms with van der Waals surface area (Å²) in [5, 5.41) is 2.13. The van der Waals surface area contributed by atoms with Gasteiger partial charge in [-0.15, -0.1) is 11.3 Å². The molecular formula is C26H31N3O2S. The van der Waals surface area contributed by atoms with E-state index in [9.17, 15) is 4.79 Å². The van der Waals surface area contributed by atoms with Crippen LogP contribution in [0.25, 0.3) is 11.1 Å². The van der Waals surface area contributed by atoms with Crippen molar-refractivity contribution in [3.05, 3.63) is 70.5 Å². The Morgan fingerprint density at radius 3 is 2.72 bits per heavy atom. The van der Waals surface area contributed by atoms with Crippen molar-refractivity contribution >= 4 is 23.1 Å². The molecule has 0 aliphatic carbocycles. The molecule has 6 heteroatoms. The van der Waals surface area contributed by atoms with Crippen molar-refractivity contribution < 1.29 is 9.53 Å². The Labute approximate surface area is 194 Å². The third-order valence-corrected chi connectivity index (χ3v) is 6.75. The Bertz CT molecular complexity index is 1020. The van der Waals surface area contributed by atoms with Gasteiger partial charge in [-0.05, 0) is 49.9 Å². The summed E-state index contributed by atoms with van der Waals surface area (Å²) in [6.07, 6.45) is 2.67. The highest BCUT2D eigenvalue weighted by Crippen LogP contribution is 2.33.